The van der Waals surface area contributed by atoms with E-state index in [1.54, 1.807) is 10.9 Å². The molecule has 1 saturated heterocycles. The Labute approximate surface area is 249 Å². The van der Waals surface area contributed by atoms with Crippen molar-refractivity contribution in [2.45, 2.75) is 45.3 Å². The number of hydrogen-bond acceptors (Lipinski definition) is 7. The molecule has 42 heavy (non-hydrogen) atoms. The van der Waals surface area contributed by atoms with Gasteiger partial charge >= 0.3 is 0 Å². The van der Waals surface area contributed by atoms with Gasteiger partial charge in [-0.25, -0.2) is 13.8 Å². The number of nitrogens with zero attached hydrogens (tertiary/aromatic N) is 7. The quantitative estimate of drug-likeness (QED) is 0.264. The fourth-order valence-electron chi connectivity index (χ4n) is 5.41. The highest BCUT2D eigenvalue weighted by molar-refractivity contribution is 9.10. The van der Waals surface area contributed by atoms with Crippen LogP contribution in [0.5, 0.6) is 0 Å². The van der Waals surface area contributed by atoms with Gasteiger partial charge in [0, 0.05) is 29.5 Å². The van der Waals surface area contributed by atoms with Crippen LogP contribution >= 0.6 is 15.9 Å². The van der Waals surface area contributed by atoms with Crippen molar-refractivity contribution in [2.24, 2.45) is 0 Å². The molecule has 1 aliphatic heterocycles. The van der Waals surface area contributed by atoms with Crippen molar-refractivity contribution in [1.29, 1.82) is 0 Å². The van der Waals surface area contributed by atoms with Gasteiger partial charge in [-0.15, -0.1) is 5.10 Å². The van der Waals surface area contributed by atoms with Gasteiger partial charge in [-0.2, -0.15) is 5.10 Å². The minimum absolute atomic E-state index is 0.00235. The third-order valence-electron chi connectivity index (χ3n) is 7.69. The molecule has 0 saturated carbocycles. The van der Waals surface area contributed by atoms with Crippen molar-refractivity contribution < 1.29 is 18.8 Å². The summed E-state index contributed by atoms with van der Waals surface area (Å²) >= 11 is 3.46. The number of amides is 1. The number of halogens is 2. The molecule has 1 N–H and O–H groups in total. The first-order valence-electron chi connectivity index (χ1n) is 13.7. The molecule has 2 aromatic carbocycles. The number of benzene rings is 2. The van der Waals surface area contributed by atoms with E-state index in [0.29, 0.717) is 47.9 Å². The summed E-state index contributed by atoms with van der Waals surface area (Å²) < 4.78 is 23.1. The van der Waals surface area contributed by atoms with E-state index in [0.717, 1.165) is 34.4 Å². The van der Waals surface area contributed by atoms with Crippen LogP contribution in [0.15, 0.2) is 69.8 Å². The first kappa shape index (κ1) is 28.0. The molecule has 0 radical (unpaired) electrons. The summed E-state index contributed by atoms with van der Waals surface area (Å²) in [6.07, 6.45) is 2.16. The topological polar surface area (TPSA) is 115 Å². The maximum atomic E-state index is 13.5. The predicted octanol–water partition coefficient (Wildman–Crippen LogP) is 5.12. The van der Waals surface area contributed by atoms with Crippen molar-refractivity contribution in [3.05, 3.63) is 111 Å². The lowest BCUT2D eigenvalue weighted by atomic mass is 9.93. The fraction of sp³-hybridized carbons (Fsp3) is 0.300. The number of likely N-dealkylation sites (tertiary alicyclic amines) is 1. The van der Waals surface area contributed by atoms with Gasteiger partial charge in [0.25, 0.3) is 5.91 Å². The highest BCUT2D eigenvalue weighted by atomic mass is 79.9. The average Bonchev–Trinajstić information content (AvgIpc) is 3.73. The van der Waals surface area contributed by atoms with Crippen LogP contribution in [0.25, 0.3) is 5.69 Å². The zero-order valence-corrected chi connectivity index (χ0v) is 24.7. The third kappa shape index (κ3) is 5.64. The second-order valence-electron chi connectivity index (χ2n) is 10.5. The Morgan fingerprint density at radius 2 is 1.83 bits per heavy atom. The molecule has 0 bridgehead atoms. The van der Waals surface area contributed by atoms with Gasteiger partial charge in [-0.05, 0) is 68.7 Å². The van der Waals surface area contributed by atoms with E-state index in [-0.39, 0.29) is 17.6 Å². The highest BCUT2D eigenvalue weighted by Crippen LogP contribution is 2.30. The monoisotopic (exact) mass is 633 g/mol. The molecule has 5 aromatic rings. The first-order chi connectivity index (χ1) is 20.3. The molecular formula is C30H29BrFN7O3. The van der Waals surface area contributed by atoms with Gasteiger partial charge in [0.2, 0.25) is 0 Å². The van der Waals surface area contributed by atoms with E-state index in [2.05, 4.69) is 36.5 Å². The maximum absolute atomic E-state index is 13.5. The van der Waals surface area contributed by atoms with E-state index in [4.69, 9.17) is 4.52 Å². The van der Waals surface area contributed by atoms with E-state index in [1.807, 2.05) is 53.8 Å². The lowest BCUT2D eigenvalue weighted by molar-refractivity contribution is 0.0710. The Morgan fingerprint density at radius 3 is 2.55 bits per heavy atom. The number of piperidine rings is 1. The van der Waals surface area contributed by atoms with E-state index < -0.39 is 6.10 Å². The summed E-state index contributed by atoms with van der Waals surface area (Å²) in [6.45, 7) is 5.33. The van der Waals surface area contributed by atoms with Gasteiger partial charge in [-0.3, -0.25) is 4.79 Å². The Bertz CT molecular complexity index is 1700. The molecule has 12 heteroatoms. The molecule has 10 nitrogen and oxygen atoms in total. The van der Waals surface area contributed by atoms with Crippen molar-refractivity contribution in [3.8, 4) is 5.69 Å². The van der Waals surface area contributed by atoms with Crippen molar-refractivity contribution in [3.63, 3.8) is 0 Å². The first-order valence-corrected chi connectivity index (χ1v) is 14.5. The molecule has 6 rings (SSSR count). The highest BCUT2D eigenvalue weighted by Gasteiger charge is 2.30. The van der Waals surface area contributed by atoms with Crippen LogP contribution < -0.4 is 0 Å². The lowest BCUT2D eigenvalue weighted by Crippen LogP contribution is -2.38. The summed E-state index contributed by atoms with van der Waals surface area (Å²) in [5, 5.41) is 27.6. The van der Waals surface area contributed by atoms with Crippen molar-refractivity contribution in [2.75, 3.05) is 13.1 Å². The number of carbonyl (C=O) groups excluding carboxylic acids is 1. The smallest absolute Gasteiger partial charge is 0.257 e. The predicted molar refractivity (Wildman–Crippen MR) is 155 cm³/mol. The molecule has 1 unspecified atom stereocenters. The molecule has 1 atom stereocenters. The molecule has 1 amide bonds. The van der Waals surface area contributed by atoms with Crippen LogP contribution in [0, 0.1) is 19.7 Å². The average molecular weight is 635 g/mol. The Morgan fingerprint density at radius 1 is 1.12 bits per heavy atom. The van der Waals surface area contributed by atoms with Gasteiger partial charge in [0.15, 0.2) is 5.76 Å². The molecule has 0 spiro atoms. The molecule has 1 aliphatic rings. The second kappa shape index (κ2) is 11.6. The van der Waals surface area contributed by atoms with Gasteiger partial charge < -0.3 is 14.5 Å². The number of hydrogen-bond donors (Lipinski definition) is 1. The van der Waals surface area contributed by atoms with E-state index >= 15 is 0 Å². The molecule has 4 heterocycles. The third-order valence-corrected chi connectivity index (χ3v) is 8.22. The zero-order valence-electron chi connectivity index (χ0n) is 23.1. The molecule has 3 aromatic heterocycles. The Hall–Kier alpha value is -4.16. The van der Waals surface area contributed by atoms with Crippen molar-refractivity contribution >= 4 is 21.8 Å². The summed E-state index contributed by atoms with van der Waals surface area (Å²) in [5.74, 6) is 0.411. The largest absolute Gasteiger partial charge is 0.382 e. The standard InChI is InChI=1S/C30H29BrFN7O3/c1-18-28(19(2)39(34-18)24-9-5-22(31)6-10-24)30(41)37-13-11-20(12-14-37)26-15-25(42-35-26)16-38-17-27(33-36-38)29(40)21-3-7-23(32)8-4-21/h3-10,15,17,20,29,40H,11-14,16H2,1-2H3. The summed E-state index contributed by atoms with van der Waals surface area (Å²) in [6, 6.07) is 15.4. The fourth-order valence-corrected chi connectivity index (χ4v) is 5.67. The number of aromatic nitrogens is 6. The number of aliphatic hydroxyl groups excluding tert-OH is 1. The van der Waals surface area contributed by atoms with Crippen LogP contribution in [0.2, 0.25) is 0 Å². The zero-order chi connectivity index (χ0) is 29.4. The summed E-state index contributed by atoms with van der Waals surface area (Å²) in [7, 11) is 0. The van der Waals surface area contributed by atoms with Crippen LogP contribution in [0.1, 0.15) is 69.3 Å². The van der Waals surface area contributed by atoms with Crippen LogP contribution in [-0.2, 0) is 6.54 Å². The minimum atomic E-state index is -1.01. The SMILES string of the molecule is Cc1nn(-c2ccc(Br)cc2)c(C)c1C(=O)N1CCC(c2cc(Cn3cc(C(O)c4ccc(F)cc4)nn3)on2)CC1. The Kier molecular flexibility index (Phi) is 7.74. The number of carbonyl (C=O) groups is 1. The minimum Gasteiger partial charge on any atom is -0.382 e. The van der Waals surface area contributed by atoms with Gasteiger partial charge in [0.1, 0.15) is 24.2 Å². The number of aryl methyl sites for hydroxylation is 1. The molecule has 0 aliphatic carbocycles. The van der Waals surface area contributed by atoms with Crippen LogP contribution in [0.4, 0.5) is 4.39 Å². The summed E-state index contributed by atoms with van der Waals surface area (Å²) in [5.41, 5.74) is 4.82. The Balaban J connectivity index is 1.07. The van der Waals surface area contributed by atoms with Crippen LogP contribution in [-0.4, -0.2) is 58.9 Å². The van der Waals surface area contributed by atoms with E-state index in [1.165, 1.54) is 24.3 Å². The maximum Gasteiger partial charge on any atom is 0.257 e. The van der Waals surface area contributed by atoms with Gasteiger partial charge in [-0.1, -0.05) is 38.4 Å². The molecule has 216 valence electrons. The van der Waals surface area contributed by atoms with Crippen molar-refractivity contribution in [1.82, 2.24) is 34.8 Å². The van der Waals surface area contributed by atoms with E-state index in [9.17, 15) is 14.3 Å². The number of rotatable bonds is 7. The summed E-state index contributed by atoms with van der Waals surface area (Å²) in [4.78, 5) is 15.4. The normalized spacial score (nSPS) is 14.8. The van der Waals surface area contributed by atoms with Gasteiger partial charge in [0.05, 0.1) is 34.5 Å². The number of aliphatic hydroxyl groups is 1. The second-order valence-corrected chi connectivity index (χ2v) is 11.4. The lowest BCUT2D eigenvalue weighted by Gasteiger charge is -2.31. The van der Waals surface area contributed by atoms with Crippen LogP contribution in [0.3, 0.4) is 0 Å². The molecular weight excluding hydrogens is 605 g/mol. The molecule has 1 fully saturated rings.